The van der Waals surface area contributed by atoms with Gasteiger partial charge in [-0.3, -0.25) is 0 Å². The van der Waals surface area contributed by atoms with Crippen molar-refractivity contribution in [2.75, 3.05) is 12.4 Å². The molecule has 60 valence electrons. The van der Waals surface area contributed by atoms with Gasteiger partial charge in [0.05, 0.1) is 10.7 Å². The Balaban J connectivity index is 3.21. The second kappa shape index (κ2) is 3.14. The lowest BCUT2D eigenvalue weighted by Crippen LogP contribution is -1.91. The zero-order chi connectivity index (χ0) is 8.43. The Bertz CT molecular complexity index is 269. The van der Waals surface area contributed by atoms with Crippen molar-refractivity contribution in [1.29, 1.82) is 0 Å². The van der Waals surface area contributed by atoms with Gasteiger partial charge in [-0.1, -0.05) is 11.6 Å². The van der Waals surface area contributed by atoms with Crippen LogP contribution in [0.3, 0.4) is 0 Å². The number of nitrogens with one attached hydrogen (secondary N) is 1. The van der Waals surface area contributed by atoms with E-state index in [0.29, 0.717) is 0 Å². The summed E-state index contributed by atoms with van der Waals surface area (Å²) >= 11 is 5.94. The first-order valence-electron chi connectivity index (χ1n) is 3.59. The number of anilines is 1. The summed E-state index contributed by atoms with van der Waals surface area (Å²) < 4.78 is 0. The van der Waals surface area contributed by atoms with Gasteiger partial charge in [-0.2, -0.15) is 0 Å². The van der Waals surface area contributed by atoms with Gasteiger partial charge < -0.3 is 5.32 Å². The molecule has 11 heavy (non-hydrogen) atoms. The van der Waals surface area contributed by atoms with Crippen LogP contribution in [0.4, 0.5) is 5.69 Å². The zero-order valence-corrected chi connectivity index (χ0v) is 7.79. The van der Waals surface area contributed by atoms with E-state index in [2.05, 4.69) is 25.2 Å². The van der Waals surface area contributed by atoms with Gasteiger partial charge >= 0.3 is 0 Å². The Labute approximate surface area is 72.4 Å². The number of halogens is 1. The predicted octanol–water partition coefficient (Wildman–Crippen LogP) is 3.00. The van der Waals surface area contributed by atoms with E-state index in [-0.39, 0.29) is 0 Å². The first kappa shape index (κ1) is 8.41. The van der Waals surface area contributed by atoms with Crippen LogP contribution in [0.25, 0.3) is 0 Å². The summed E-state index contributed by atoms with van der Waals surface area (Å²) in [7, 11) is 1.87. The Kier molecular flexibility index (Phi) is 2.40. The van der Waals surface area contributed by atoms with E-state index in [9.17, 15) is 0 Å². The van der Waals surface area contributed by atoms with Crippen molar-refractivity contribution >= 4 is 17.3 Å². The molecule has 0 saturated carbocycles. The largest absolute Gasteiger partial charge is 0.387 e. The topological polar surface area (TPSA) is 12.0 Å². The molecule has 1 aromatic carbocycles. The smallest absolute Gasteiger partial charge is 0.0640 e. The minimum atomic E-state index is 0.788. The summed E-state index contributed by atoms with van der Waals surface area (Å²) in [5, 5.41) is 3.82. The van der Waals surface area contributed by atoms with E-state index in [0.717, 1.165) is 10.7 Å². The molecule has 1 rings (SSSR count). The molecule has 1 nitrogen and oxygen atoms in total. The Morgan fingerprint density at radius 3 is 2.27 bits per heavy atom. The monoisotopic (exact) mass is 169 g/mol. The first-order valence-corrected chi connectivity index (χ1v) is 3.97. The molecule has 0 saturated heterocycles. The van der Waals surface area contributed by atoms with Crippen molar-refractivity contribution < 1.29 is 0 Å². The molecule has 0 bridgehead atoms. The molecular weight excluding hydrogens is 158 g/mol. The number of aryl methyl sites for hydroxylation is 2. The van der Waals surface area contributed by atoms with Gasteiger partial charge in [0.25, 0.3) is 0 Å². The SMILES string of the molecule is CNc1cc(C)c(C)cc1Cl. The lowest BCUT2D eigenvalue weighted by Gasteiger charge is -2.06. The molecule has 0 unspecified atom stereocenters. The van der Waals surface area contributed by atoms with E-state index in [4.69, 9.17) is 11.6 Å². The molecule has 0 aliphatic heterocycles. The molecule has 0 aromatic heterocycles. The quantitative estimate of drug-likeness (QED) is 0.682. The van der Waals surface area contributed by atoms with Crippen LogP contribution in [-0.4, -0.2) is 7.05 Å². The fourth-order valence-electron chi connectivity index (χ4n) is 0.973. The lowest BCUT2D eigenvalue weighted by atomic mass is 10.1. The maximum Gasteiger partial charge on any atom is 0.0640 e. The highest BCUT2D eigenvalue weighted by atomic mass is 35.5. The van der Waals surface area contributed by atoms with Gasteiger partial charge in [-0.05, 0) is 37.1 Å². The van der Waals surface area contributed by atoms with Crippen molar-refractivity contribution in [1.82, 2.24) is 0 Å². The summed E-state index contributed by atoms with van der Waals surface area (Å²) in [6, 6.07) is 4.03. The number of hydrogen-bond acceptors (Lipinski definition) is 1. The molecule has 1 N–H and O–H groups in total. The molecular formula is C9H12ClN. The standard InChI is InChI=1S/C9H12ClN/c1-6-4-8(10)9(11-3)5-7(6)2/h4-5,11H,1-3H3. The molecule has 2 heteroatoms. The normalized spacial score (nSPS) is 9.82. The Morgan fingerprint density at radius 1 is 1.18 bits per heavy atom. The lowest BCUT2D eigenvalue weighted by molar-refractivity contribution is 1.33. The van der Waals surface area contributed by atoms with Gasteiger partial charge in [0, 0.05) is 7.05 Å². The van der Waals surface area contributed by atoms with E-state index >= 15 is 0 Å². The molecule has 0 fully saturated rings. The van der Waals surface area contributed by atoms with Crippen molar-refractivity contribution in [2.45, 2.75) is 13.8 Å². The average molecular weight is 170 g/mol. The van der Waals surface area contributed by atoms with Gasteiger partial charge in [-0.15, -0.1) is 0 Å². The van der Waals surface area contributed by atoms with Crippen molar-refractivity contribution in [2.24, 2.45) is 0 Å². The highest BCUT2D eigenvalue weighted by molar-refractivity contribution is 6.33. The van der Waals surface area contributed by atoms with Crippen LogP contribution < -0.4 is 5.32 Å². The van der Waals surface area contributed by atoms with Crippen LogP contribution in [0, 0.1) is 13.8 Å². The third kappa shape index (κ3) is 1.66. The molecule has 0 amide bonds. The number of hydrogen-bond donors (Lipinski definition) is 1. The minimum Gasteiger partial charge on any atom is -0.387 e. The maximum atomic E-state index is 5.94. The average Bonchev–Trinajstić information content (AvgIpc) is 1.97. The molecule has 0 radical (unpaired) electrons. The number of benzene rings is 1. The highest BCUT2D eigenvalue weighted by Crippen LogP contribution is 2.24. The van der Waals surface area contributed by atoms with Crippen molar-refractivity contribution in [3.05, 3.63) is 28.3 Å². The summed E-state index contributed by atoms with van der Waals surface area (Å²) in [5.74, 6) is 0. The van der Waals surface area contributed by atoms with Crippen LogP contribution in [0.1, 0.15) is 11.1 Å². The molecule has 0 aliphatic rings. The van der Waals surface area contributed by atoms with Gasteiger partial charge in [-0.25, -0.2) is 0 Å². The van der Waals surface area contributed by atoms with Gasteiger partial charge in [0.15, 0.2) is 0 Å². The second-order valence-corrected chi connectivity index (χ2v) is 3.07. The van der Waals surface area contributed by atoms with Crippen LogP contribution in [0.15, 0.2) is 12.1 Å². The summed E-state index contributed by atoms with van der Waals surface area (Å²) in [6.07, 6.45) is 0. The summed E-state index contributed by atoms with van der Waals surface area (Å²) in [5.41, 5.74) is 3.49. The zero-order valence-electron chi connectivity index (χ0n) is 7.03. The van der Waals surface area contributed by atoms with Crippen molar-refractivity contribution in [3.63, 3.8) is 0 Å². The van der Waals surface area contributed by atoms with Gasteiger partial charge in [0.2, 0.25) is 0 Å². The fraction of sp³-hybridized carbons (Fsp3) is 0.333. The predicted molar refractivity (Wildman–Crippen MR) is 50.5 cm³/mol. The van der Waals surface area contributed by atoms with E-state index < -0.39 is 0 Å². The minimum absolute atomic E-state index is 0.788. The maximum absolute atomic E-state index is 5.94. The van der Waals surface area contributed by atoms with Crippen LogP contribution in [0.2, 0.25) is 5.02 Å². The summed E-state index contributed by atoms with van der Waals surface area (Å²) in [6.45, 7) is 4.13. The molecule has 0 atom stereocenters. The van der Waals surface area contributed by atoms with Crippen LogP contribution in [0.5, 0.6) is 0 Å². The van der Waals surface area contributed by atoms with Gasteiger partial charge in [0.1, 0.15) is 0 Å². The van der Waals surface area contributed by atoms with E-state index in [1.54, 1.807) is 0 Å². The molecule has 1 aromatic rings. The Hall–Kier alpha value is -0.690. The fourth-order valence-corrected chi connectivity index (χ4v) is 1.29. The highest BCUT2D eigenvalue weighted by Gasteiger charge is 1.99. The van der Waals surface area contributed by atoms with Crippen LogP contribution in [-0.2, 0) is 0 Å². The summed E-state index contributed by atoms with van der Waals surface area (Å²) in [4.78, 5) is 0. The third-order valence-electron chi connectivity index (χ3n) is 1.85. The molecule has 0 aliphatic carbocycles. The Morgan fingerprint density at radius 2 is 1.73 bits per heavy atom. The van der Waals surface area contributed by atoms with Crippen LogP contribution >= 0.6 is 11.6 Å². The second-order valence-electron chi connectivity index (χ2n) is 2.67. The number of rotatable bonds is 1. The molecule has 0 spiro atoms. The molecule has 0 heterocycles. The van der Waals surface area contributed by atoms with E-state index in [1.807, 2.05) is 13.1 Å². The van der Waals surface area contributed by atoms with Crippen molar-refractivity contribution in [3.8, 4) is 0 Å². The first-order chi connectivity index (χ1) is 5.15. The van der Waals surface area contributed by atoms with E-state index in [1.165, 1.54) is 11.1 Å². The third-order valence-corrected chi connectivity index (χ3v) is 2.17.